The molecule has 1 unspecified atom stereocenters. The third-order valence-electron chi connectivity index (χ3n) is 6.42. The van der Waals surface area contributed by atoms with E-state index in [4.69, 9.17) is 27.9 Å². The van der Waals surface area contributed by atoms with Gasteiger partial charge >= 0.3 is 0 Å². The van der Waals surface area contributed by atoms with E-state index < -0.39 is 40.3 Å². The Balaban J connectivity index is 1.41. The van der Waals surface area contributed by atoms with E-state index in [9.17, 15) is 22.4 Å². The van der Waals surface area contributed by atoms with Crippen LogP contribution in [0.2, 0.25) is 10.0 Å². The first-order chi connectivity index (χ1) is 20.5. The van der Waals surface area contributed by atoms with Crippen LogP contribution in [0, 0.1) is 5.82 Å². The molecule has 8 nitrogen and oxygen atoms in total. The standard InChI is InChI=1S/C31H28Cl2FN3O5S/c1-21(31(39)35-18-23-7-8-24(32)17-29(23)33)37(19-22-5-3-2-4-6-22)30(38)20-42-27-13-15-28(16-14-27)43(40,41)36-26-11-9-25(34)10-12-26/h2-17,21,36H,18-20H2,1H3,(H,35,39). The summed E-state index contributed by atoms with van der Waals surface area (Å²) in [5.41, 5.74) is 1.70. The summed E-state index contributed by atoms with van der Waals surface area (Å²) in [6.45, 7) is 1.53. The molecule has 224 valence electrons. The van der Waals surface area contributed by atoms with Crippen LogP contribution >= 0.6 is 23.2 Å². The third-order valence-corrected chi connectivity index (χ3v) is 8.41. The number of anilines is 1. The molecule has 0 spiro atoms. The molecule has 1 atom stereocenters. The van der Waals surface area contributed by atoms with Crippen LogP contribution in [0.5, 0.6) is 5.75 Å². The van der Waals surface area contributed by atoms with Gasteiger partial charge in [0, 0.05) is 28.8 Å². The molecular weight excluding hydrogens is 616 g/mol. The summed E-state index contributed by atoms with van der Waals surface area (Å²) in [6, 6.07) is 23.7. The molecule has 4 aromatic rings. The molecule has 0 saturated heterocycles. The number of hydrogen-bond acceptors (Lipinski definition) is 5. The first kappa shape index (κ1) is 31.8. The van der Waals surface area contributed by atoms with Crippen molar-refractivity contribution in [3.63, 3.8) is 0 Å². The Morgan fingerprint density at radius 2 is 1.60 bits per heavy atom. The molecule has 43 heavy (non-hydrogen) atoms. The van der Waals surface area contributed by atoms with Gasteiger partial charge in [-0.2, -0.15) is 0 Å². The number of hydrogen-bond donors (Lipinski definition) is 2. The number of carbonyl (C=O) groups excluding carboxylic acids is 2. The second-order valence-corrected chi connectivity index (χ2v) is 12.0. The monoisotopic (exact) mass is 643 g/mol. The SMILES string of the molecule is CC(C(=O)NCc1ccc(Cl)cc1Cl)N(Cc1ccccc1)C(=O)COc1ccc(S(=O)(=O)Nc2ccc(F)cc2)cc1. The predicted octanol–water partition coefficient (Wildman–Crippen LogP) is 6.05. The molecule has 0 aliphatic rings. The summed E-state index contributed by atoms with van der Waals surface area (Å²) in [7, 11) is -3.94. The molecule has 4 aromatic carbocycles. The van der Waals surface area contributed by atoms with Crippen molar-refractivity contribution in [1.82, 2.24) is 10.2 Å². The largest absolute Gasteiger partial charge is 0.484 e. The zero-order valence-corrected chi connectivity index (χ0v) is 25.3. The Morgan fingerprint density at radius 1 is 0.930 bits per heavy atom. The van der Waals surface area contributed by atoms with Crippen LogP contribution in [0.3, 0.4) is 0 Å². The number of halogens is 3. The van der Waals surface area contributed by atoms with E-state index >= 15 is 0 Å². The van der Waals surface area contributed by atoms with Crippen LogP contribution in [-0.2, 0) is 32.7 Å². The van der Waals surface area contributed by atoms with Crippen LogP contribution in [0.4, 0.5) is 10.1 Å². The molecule has 4 rings (SSSR count). The lowest BCUT2D eigenvalue weighted by molar-refractivity contribution is -0.142. The predicted molar refractivity (Wildman–Crippen MR) is 164 cm³/mol. The molecule has 12 heteroatoms. The molecule has 2 N–H and O–H groups in total. The summed E-state index contributed by atoms with van der Waals surface area (Å²) in [6.07, 6.45) is 0. The Kier molecular flexibility index (Phi) is 10.6. The van der Waals surface area contributed by atoms with E-state index in [0.29, 0.717) is 15.6 Å². The quantitative estimate of drug-likeness (QED) is 0.196. The van der Waals surface area contributed by atoms with Gasteiger partial charge in [0.2, 0.25) is 5.91 Å². The summed E-state index contributed by atoms with van der Waals surface area (Å²) in [4.78, 5) is 27.8. The summed E-state index contributed by atoms with van der Waals surface area (Å²) >= 11 is 12.2. The lowest BCUT2D eigenvalue weighted by Gasteiger charge is -2.29. The highest BCUT2D eigenvalue weighted by Gasteiger charge is 2.27. The lowest BCUT2D eigenvalue weighted by atomic mass is 10.1. The number of ether oxygens (including phenoxy) is 1. The molecule has 0 fully saturated rings. The fourth-order valence-corrected chi connectivity index (χ4v) is 5.57. The first-order valence-corrected chi connectivity index (χ1v) is 15.3. The van der Waals surface area contributed by atoms with Crippen molar-refractivity contribution in [3.8, 4) is 5.75 Å². The summed E-state index contributed by atoms with van der Waals surface area (Å²) < 4.78 is 46.5. The van der Waals surface area contributed by atoms with Gasteiger partial charge in [-0.3, -0.25) is 14.3 Å². The first-order valence-electron chi connectivity index (χ1n) is 13.1. The molecule has 2 amide bonds. The zero-order valence-electron chi connectivity index (χ0n) is 23.0. The van der Waals surface area contributed by atoms with Gasteiger partial charge in [-0.05, 0) is 78.7 Å². The van der Waals surface area contributed by atoms with E-state index in [1.807, 2.05) is 30.3 Å². The number of amides is 2. The minimum Gasteiger partial charge on any atom is -0.484 e. The maximum absolute atomic E-state index is 13.3. The summed E-state index contributed by atoms with van der Waals surface area (Å²) in [5.74, 6) is -1.08. The number of benzene rings is 4. The van der Waals surface area contributed by atoms with Gasteiger partial charge in [0.05, 0.1) is 4.90 Å². The topological polar surface area (TPSA) is 105 Å². The van der Waals surface area contributed by atoms with E-state index in [-0.39, 0.29) is 29.4 Å². The minimum absolute atomic E-state index is 0.0488. The molecule has 0 radical (unpaired) electrons. The van der Waals surface area contributed by atoms with Gasteiger partial charge in [-0.15, -0.1) is 0 Å². The Morgan fingerprint density at radius 3 is 2.26 bits per heavy atom. The van der Waals surface area contributed by atoms with Crippen LogP contribution in [0.1, 0.15) is 18.1 Å². The van der Waals surface area contributed by atoms with Gasteiger partial charge in [0.15, 0.2) is 6.61 Å². The van der Waals surface area contributed by atoms with Crippen LogP contribution in [-0.4, -0.2) is 37.8 Å². The molecular formula is C31H28Cl2FN3O5S. The van der Waals surface area contributed by atoms with E-state index in [0.717, 1.165) is 17.7 Å². The highest BCUT2D eigenvalue weighted by Crippen LogP contribution is 2.22. The Labute approximate surface area is 259 Å². The number of sulfonamides is 1. The highest BCUT2D eigenvalue weighted by atomic mass is 35.5. The van der Waals surface area contributed by atoms with Crippen molar-refractivity contribution in [2.75, 3.05) is 11.3 Å². The molecule has 0 heterocycles. The fourth-order valence-electron chi connectivity index (χ4n) is 4.03. The van der Waals surface area contributed by atoms with Crippen molar-refractivity contribution in [3.05, 3.63) is 124 Å². The number of nitrogens with one attached hydrogen (secondary N) is 2. The molecule has 0 aliphatic carbocycles. The second kappa shape index (κ2) is 14.4. The Bertz CT molecular complexity index is 1670. The Hall–Kier alpha value is -4.12. The maximum atomic E-state index is 13.3. The average molecular weight is 645 g/mol. The van der Waals surface area contributed by atoms with Gasteiger partial charge in [-0.25, -0.2) is 12.8 Å². The molecule has 0 aromatic heterocycles. The van der Waals surface area contributed by atoms with Crippen LogP contribution in [0.15, 0.2) is 102 Å². The average Bonchev–Trinajstić information content (AvgIpc) is 2.99. The smallest absolute Gasteiger partial charge is 0.261 e. The number of rotatable bonds is 12. The maximum Gasteiger partial charge on any atom is 0.261 e. The second-order valence-electron chi connectivity index (χ2n) is 9.51. The lowest BCUT2D eigenvalue weighted by Crippen LogP contribution is -2.48. The van der Waals surface area contributed by atoms with Gasteiger partial charge in [0.25, 0.3) is 15.9 Å². The van der Waals surface area contributed by atoms with Crippen LogP contribution < -0.4 is 14.8 Å². The van der Waals surface area contributed by atoms with Gasteiger partial charge in [-0.1, -0.05) is 59.6 Å². The van der Waals surface area contributed by atoms with E-state index in [1.165, 1.54) is 41.3 Å². The van der Waals surface area contributed by atoms with Crippen LogP contribution in [0.25, 0.3) is 0 Å². The van der Waals surface area contributed by atoms with Crippen molar-refractivity contribution in [2.45, 2.75) is 31.0 Å². The highest BCUT2D eigenvalue weighted by molar-refractivity contribution is 7.92. The summed E-state index contributed by atoms with van der Waals surface area (Å²) in [5, 5.41) is 3.70. The van der Waals surface area contributed by atoms with Crippen molar-refractivity contribution < 1.29 is 27.1 Å². The number of carbonyl (C=O) groups is 2. The number of nitrogens with zero attached hydrogens (tertiary/aromatic N) is 1. The van der Waals surface area contributed by atoms with E-state index in [2.05, 4.69) is 10.0 Å². The third kappa shape index (κ3) is 8.93. The van der Waals surface area contributed by atoms with Crippen molar-refractivity contribution in [2.24, 2.45) is 0 Å². The molecule has 0 bridgehead atoms. The normalized spacial score (nSPS) is 11.8. The zero-order chi connectivity index (χ0) is 31.0. The molecule has 0 aliphatic heterocycles. The van der Waals surface area contributed by atoms with Gasteiger partial charge < -0.3 is 15.0 Å². The van der Waals surface area contributed by atoms with Crippen molar-refractivity contribution in [1.29, 1.82) is 0 Å². The van der Waals surface area contributed by atoms with E-state index in [1.54, 1.807) is 25.1 Å². The minimum atomic E-state index is -3.94. The van der Waals surface area contributed by atoms with Crippen molar-refractivity contribution >= 4 is 50.7 Å². The van der Waals surface area contributed by atoms with Gasteiger partial charge in [0.1, 0.15) is 17.6 Å². The molecule has 0 saturated carbocycles. The fraction of sp³-hybridized carbons (Fsp3) is 0.161.